The number of hydrogen-bond donors (Lipinski definition) is 0. The second-order valence-corrected chi connectivity index (χ2v) is 23.6. The highest BCUT2D eigenvalue weighted by Gasteiger charge is 2.37. The number of methoxy groups -OCH3 is 1. The van der Waals surface area contributed by atoms with Crippen molar-refractivity contribution in [3.8, 4) is 5.75 Å². The van der Waals surface area contributed by atoms with Crippen LogP contribution in [0, 0.1) is 47.9 Å². The summed E-state index contributed by atoms with van der Waals surface area (Å²) in [6.45, 7) is 11.9. The second kappa shape index (κ2) is 29.1. The van der Waals surface area contributed by atoms with Crippen LogP contribution in [-0.2, 0) is 33.5 Å². The number of piperidine rings is 3. The Bertz CT molecular complexity index is 2940. The van der Waals surface area contributed by atoms with Crippen molar-refractivity contribution in [3.63, 3.8) is 0 Å². The lowest BCUT2D eigenvalue weighted by atomic mass is 9.90. The molecule has 6 aromatic rings. The third-order valence-electron chi connectivity index (χ3n) is 17.3. The highest BCUT2D eigenvalue weighted by Crippen LogP contribution is 2.30. The van der Waals surface area contributed by atoms with E-state index in [1.807, 2.05) is 91.9 Å². The van der Waals surface area contributed by atoms with Crippen LogP contribution < -0.4 is 19.4 Å². The molecule has 85 heavy (non-hydrogen) atoms. The Labute approximate surface area is 497 Å². The molecule has 6 aliphatic heterocycles. The number of benzene rings is 6. The molecule has 0 N–H and O–H groups in total. The van der Waals surface area contributed by atoms with E-state index in [1.54, 1.807) is 46.1 Å². The molecule has 450 valence electrons. The van der Waals surface area contributed by atoms with E-state index in [0.717, 1.165) is 127 Å². The number of carbonyl (C=O) groups is 3. The minimum absolute atomic E-state index is 0.0811. The SMILES string of the molecule is COc1ccc(N2C[C@H](CN3CCC(Cc4ccc(F)cc4)CC3)OC2=O)cc1.Cc1ccc(N2C[C@H](CN3CCC(Cc4ccc(F)cc4)CC3)OC2=O)cc1.O=C1O[C@@H](CN2CCC(Cc3ccc(F)cc3)CC2)CN1c1ccc(F)cc1. The minimum atomic E-state index is -0.372. The van der Waals surface area contributed by atoms with Crippen LogP contribution in [0.4, 0.5) is 49.0 Å². The molecule has 3 amide bonds. The summed E-state index contributed by atoms with van der Waals surface area (Å²) in [5.41, 5.74) is 7.15. The van der Waals surface area contributed by atoms with Crippen LogP contribution in [0.5, 0.6) is 5.75 Å². The third-order valence-corrected chi connectivity index (χ3v) is 17.3. The van der Waals surface area contributed by atoms with Gasteiger partial charge in [0.2, 0.25) is 0 Å². The van der Waals surface area contributed by atoms with Crippen molar-refractivity contribution in [2.75, 3.05) is 100 Å². The van der Waals surface area contributed by atoms with Gasteiger partial charge >= 0.3 is 18.3 Å². The molecule has 13 nitrogen and oxygen atoms in total. The Kier molecular flexibility index (Phi) is 20.7. The zero-order valence-corrected chi connectivity index (χ0v) is 48.7. The fourth-order valence-corrected chi connectivity index (χ4v) is 12.4. The van der Waals surface area contributed by atoms with Crippen molar-refractivity contribution >= 4 is 35.3 Å². The van der Waals surface area contributed by atoms with Gasteiger partial charge in [-0.2, -0.15) is 0 Å². The summed E-state index contributed by atoms with van der Waals surface area (Å²) in [6.07, 6.45) is 8.34. The van der Waals surface area contributed by atoms with Crippen molar-refractivity contribution in [2.45, 2.75) is 83.0 Å². The van der Waals surface area contributed by atoms with Crippen LogP contribution in [-0.4, -0.2) is 137 Å². The monoisotopic (exact) mass is 1170 g/mol. The van der Waals surface area contributed by atoms with Gasteiger partial charge in [-0.1, -0.05) is 54.1 Å². The third kappa shape index (κ3) is 17.3. The maximum absolute atomic E-state index is 13.1. The number of amides is 3. The maximum atomic E-state index is 13.1. The average Bonchev–Trinajstić information content (AvgIpc) is 4.08. The van der Waals surface area contributed by atoms with E-state index in [0.29, 0.717) is 49.6 Å². The lowest BCUT2D eigenvalue weighted by molar-refractivity contribution is 0.0910. The van der Waals surface area contributed by atoms with E-state index >= 15 is 0 Å². The van der Waals surface area contributed by atoms with Crippen LogP contribution in [0.1, 0.15) is 60.8 Å². The first-order valence-corrected chi connectivity index (χ1v) is 30.0. The normalized spacial score (nSPS) is 21.0. The van der Waals surface area contributed by atoms with Gasteiger partial charge in [0, 0.05) is 36.7 Å². The second-order valence-electron chi connectivity index (χ2n) is 23.6. The van der Waals surface area contributed by atoms with Gasteiger partial charge in [0.1, 0.15) is 47.3 Å². The molecular formula is C68H78F4N6O7. The number of anilines is 3. The molecule has 12 rings (SSSR count). The number of aryl methyl sites for hydroxylation is 1. The largest absolute Gasteiger partial charge is 0.497 e. The van der Waals surface area contributed by atoms with Gasteiger partial charge in [0.05, 0.1) is 26.7 Å². The summed E-state index contributed by atoms with van der Waals surface area (Å²) in [5, 5.41) is 0. The molecule has 6 aliphatic rings. The topological polar surface area (TPSA) is 108 Å². The number of carbonyl (C=O) groups excluding carboxylic acids is 3. The van der Waals surface area contributed by atoms with Crippen LogP contribution in [0.15, 0.2) is 146 Å². The Morgan fingerprint density at radius 1 is 0.388 bits per heavy atom. The van der Waals surface area contributed by atoms with Gasteiger partial charge in [-0.15, -0.1) is 0 Å². The van der Waals surface area contributed by atoms with Gasteiger partial charge < -0.3 is 18.9 Å². The summed E-state index contributed by atoms with van der Waals surface area (Å²) in [5.74, 6) is 1.75. The van der Waals surface area contributed by atoms with Crippen LogP contribution in [0.25, 0.3) is 0 Å². The standard InChI is InChI=1S/C23H27FN2O3.C23H27FN2O2.C22H24F2N2O2/c1-28-21-8-6-20(7-9-21)26-16-22(29-23(26)27)15-25-12-10-18(11-13-25)14-17-2-4-19(24)5-3-17;1-17-2-8-21(9-3-17)26-16-22(28-23(26)27)15-25-12-10-19(11-13-25)14-18-4-6-20(24)7-5-18;23-18-3-1-16(2-4-18)13-17-9-11-25(12-10-17)14-21-15-26(22(27)28-21)20-7-5-19(24)6-8-20/h2-9,18,22H,10-16H2,1H3;2-9,19,22H,10-16H2,1H3;1-8,17,21H,9-15H2/t2*22-;21-/m000/s1. The molecule has 17 heteroatoms. The van der Waals surface area contributed by atoms with E-state index in [-0.39, 0.29) is 59.9 Å². The minimum Gasteiger partial charge on any atom is -0.497 e. The fraction of sp³-hybridized carbons (Fsp3) is 0.426. The van der Waals surface area contributed by atoms with Crippen molar-refractivity contribution in [2.24, 2.45) is 17.8 Å². The Morgan fingerprint density at radius 2 is 0.647 bits per heavy atom. The molecular weight excluding hydrogens is 1090 g/mol. The summed E-state index contributed by atoms with van der Waals surface area (Å²) >= 11 is 0. The number of halogens is 4. The first-order valence-electron chi connectivity index (χ1n) is 30.0. The number of likely N-dealkylation sites (tertiary alicyclic amines) is 3. The number of ether oxygens (including phenoxy) is 4. The summed E-state index contributed by atoms with van der Waals surface area (Å²) in [6, 6.07) is 41.8. The zero-order chi connectivity index (χ0) is 59.2. The van der Waals surface area contributed by atoms with Crippen molar-refractivity contribution in [1.29, 1.82) is 0 Å². The summed E-state index contributed by atoms with van der Waals surface area (Å²) < 4.78 is 74.1. The average molecular weight is 1170 g/mol. The van der Waals surface area contributed by atoms with Crippen molar-refractivity contribution in [3.05, 3.63) is 191 Å². The van der Waals surface area contributed by atoms with Crippen molar-refractivity contribution in [1.82, 2.24) is 14.7 Å². The maximum Gasteiger partial charge on any atom is 0.414 e. The van der Waals surface area contributed by atoms with Gasteiger partial charge in [-0.3, -0.25) is 29.4 Å². The predicted octanol–water partition coefficient (Wildman–Crippen LogP) is 12.8. The molecule has 0 radical (unpaired) electrons. The van der Waals surface area contributed by atoms with E-state index in [9.17, 15) is 31.9 Å². The van der Waals surface area contributed by atoms with E-state index in [4.69, 9.17) is 18.9 Å². The molecule has 0 bridgehead atoms. The molecule has 0 unspecified atom stereocenters. The highest BCUT2D eigenvalue weighted by atomic mass is 19.1. The first kappa shape index (κ1) is 60.6. The number of hydrogen-bond acceptors (Lipinski definition) is 10. The van der Waals surface area contributed by atoms with E-state index < -0.39 is 0 Å². The molecule has 6 saturated heterocycles. The zero-order valence-electron chi connectivity index (χ0n) is 48.7. The molecule has 6 aromatic carbocycles. The molecule has 6 fully saturated rings. The molecule has 0 saturated carbocycles. The molecule has 3 atom stereocenters. The van der Waals surface area contributed by atoms with E-state index in [1.165, 1.54) is 58.7 Å². The number of nitrogens with zero attached hydrogens (tertiary/aromatic N) is 6. The van der Waals surface area contributed by atoms with Gasteiger partial charge in [-0.05, 0) is 235 Å². The molecule has 0 spiro atoms. The lowest BCUT2D eigenvalue weighted by Gasteiger charge is -2.33. The smallest absolute Gasteiger partial charge is 0.414 e. The number of rotatable bonds is 16. The van der Waals surface area contributed by atoms with Crippen LogP contribution in [0.2, 0.25) is 0 Å². The molecule has 0 aliphatic carbocycles. The summed E-state index contributed by atoms with van der Waals surface area (Å²) in [4.78, 5) is 48.8. The Morgan fingerprint density at radius 3 is 0.929 bits per heavy atom. The molecule has 6 heterocycles. The van der Waals surface area contributed by atoms with Gasteiger partial charge in [0.25, 0.3) is 0 Å². The first-order chi connectivity index (χ1) is 41.2. The number of cyclic esters (lactones) is 3. The van der Waals surface area contributed by atoms with Gasteiger partial charge in [-0.25, -0.2) is 31.9 Å². The van der Waals surface area contributed by atoms with Gasteiger partial charge in [0.15, 0.2) is 0 Å². The lowest BCUT2D eigenvalue weighted by Crippen LogP contribution is -2.40. The van der Waals surface area contributed by atoms with Crippen LogP contribution in [0.3, 0.4) is 0 Å². The quantitative estimate of drug-likeness (QED) is 0.0687. The summed E-state index contributed by atoms with van der Waals surface area (Å²) in [7, 11) is 1.62. The Balaban J connectivity index is 0.000000142. The highest BCUT2D eigenvalue weighted by molar-refractivity contribution is 5.91. The van der Waals surface area contributed by atoms with E-state index in [2.05, 4.69) is 14.7 Å². The Hall–Kier alpha value is -7.47. The van der Waals surface area contributed by atoms with Crippen LogP contribution >= 0.6 is 0 Å². The fourth-order valence-electron chi connectivity index (χ4n) is 12.4. The molecule has 0 aromatic heterocycles. The van der Waals surface area contributed by atoms with Crippen molar-refractivity contribution < 1.29 is 50.9 Å². The predicted molar refractivity (Wildman–Crippen MR) is 321 cm³/mol.